The third kappa shape index (κ3) is 5.17. The van der Waals surface area contributed by atoms with Gasteiger partial charge in [-0.1, -0.05) is 60.7 Å². The van der Waals surface area contributed by atoms with Gasteiger partial charge < -0.3 is 0 Å². The van der Waals surface area contributed by atoms with Gasteiger partial charge in [0.25, 0.3) is 0 Å². The summed E-state index contributed by atoms with van der Waals surface area (Å²) in [5, 5.41) is 14.6. The van der Waals surface area contributed by atoms with Gasteiger partial charge in [0.2, 0.25) is 0 Å². The third-order valence-corrected chi connectivity index (χ3v) is 16.7. The lowest BCUT2D eigenvalue weighted by molar-refractivity contribution is 1.76. The van der Waals surface area contributed by atoms with E-state index in [0.717, 1.165) is 0 Å². The molecule has 246 valence electrons. The van der Waals surface area contributed by atoms with Crippen molar-refractivity contribution in [2.45, 2.75) is 0 Å². The van der Waals surface area contributed by atoms with Crippen LogP contribution in [0, 0.1) is 0 Å². The minimum absolute atomic E-state index is 1.27. The van der Waals surface area contributed by atoms with Crippen LogP contribution in [0.2, 0.25) is 0 Å². The van der Waals surface area contributed by atoms with E-state index in [1.165, 1.54) is 103 Å². The van der Waals surface area contributed by atoms with Gasteiger partial charge >= 0.3 is 0 Å². The van der Waals surface area contributed by atoms with Crippen molar-refractivity contribution in [3.63, 3.8) is 0 Å². The van der Waals surface area contributed by atoms with Crippen LogP contribution in [0.5, 0.6) is 0 Å². The van der Waals surface area contributed by atoms with Crippen LogP contribution in [0.1, 0.15) is 0 Å². The predicted molar refractivity (Wildman–Crippen MR) is 236 cm³/mol. The summed E-state index contributed by atoms with van der Waals surface area (Å²) in [6.07, 6.45) is 0. The van der Waals surface area contributed by atoms with Crippen LogP contribution in [0.3, 0.4) is 0 Å². The van der Waals surface area contributed by atoms with Crippen molar-refractivity contribution in [3.8, 4) is 59.9 Å². The van der Waals surface area contributed by atoms with Crippen LogP contribution >= 0.6 is 68.0 Å². The van der Waals surface area contributed by atoms with Gasteiger partial charge in [0.15, 0.2) is 0 Å². The Balaban J connectivity index is 1.16. The Bertz CT molecular complexity index is 2760. The maximum absolute atomic E-state index is 2.44. The summed E-state index contributed by atoms with van der Waals surface area (Å²) in [6, 6.07) is 54.6. The van der Waals surface area contributed by atoms with E-state index in [2.05, 4.69) is 156 Å². The molecule has 0 nitrogen and oxygen atoms in total. The Morgan fingerprint density at radius 3 is 0.846 bits per heavy atom. The summed E-state index contributed by atoms with van der Waals surface area (Å²) in [6.45, 7) is 0. The number of thiophene rings is 6. The highest BCUT2D eigenvalue weighted by Crippen LogP contribution is 2.51. The van der Waals surface area contributed by atoms with Crippen molar-refractivity contribution in [2.75, 3.05) is 0 Å². The topological polar surface area (TPSA) is 0 Å². The van der Waals surface area contributed by atoms with Gasteiger partial charge in [-0.3, -0.25) is 0 Å². The molecular weight excluding hydrogens is 745 g/mol. The van der Waals surface area contributed by atoms with Crippen LogP contribution in [0.15, 0.2) is 156 Å². The van der Waals surface area contributed by atoms with E-state index in [1.807, 2.05) is 45.3 Å². The average Bonchev–Trinajstić information content (AvgIpc) is 4.03. The number of rotatable bonds is 6. The molecule has 0 aliphatic heterocycles. The molecule has 0 N–H and O–H groups in total. The van der Waals surface area contributed by atoms with Gasteiger partial charge in [-0.2, -0.15) is 0 Å². The Kier molecular flexibility index (Phi) is 7.43. The SMILES string of the molecule is c1csc(-c2ccc(-c3ccc(-c4c5cc6ccccc6cc5c(-c5ccc(-c6ccc(-c7cccs7)s6)s5)c5cc6ccccc6cc45)s3)s2)c1. The van der Waals surface area contributed by atoms with Crippen LogP contribution in [-0.4, -0.2) is 0 Å². The van der Waals surface area contributed by atoms with Crippen LogP contribution in [0.25, 0.3) is 103 Å². The number of benzene rings is 5. The normalized spacial score (nSPS) is 11.8. The number of hydrogen-bond acceptors (Lipinski definition) is 6. The van der Waals surface area contributed by atoms with Crippen molar-refractivity contribution in [2.24, 2.45) is 0 Å². The minimum Gasteiger partial charge on any atom is -0.143 e. The molecule has 0 radical (unpaired) electrons. The van der Waals surface area contributed by atoms with Crippen LogP contribution in [-0.2, 0) is 0 Å². The molecule has 0 unspecified atom stereocenters. The highest BCUT2D eigenvalue weighted by atomic mass is 32.1. The van der Waals surface area contributed by atoms with Crippen LogP contribution in [0.4, 0.5) is 0 Å². The maximum Gasteiger partial charge on any atom is 0.0449 e. The minimum atomic E-state index is 1.27. The fraction of sp³-hybridized carbons (Fsp3) is 0. The molecule has 0 saturated carbocycles. The molecule has 6 aromatic heterocycles. The van der Waals surface area contributed by atoms with Crippen molar-refractivity contribution < 1.29 is 0 Å². The number of hydrogen-bond donors (Lipinski definition) is 0. The fourth-order valence-corrected chi connectivity index (χ4v) is 13.4. The summed E-state index contributed by atoms with van der Waals surface area (Å²) in [5.74, 6) is 0. The highest BCUT2D eigenvalue weighted by molar-refractivity contribution is 7.28. The van der Waals surface area contributed by atoms with E-state index >= 15 is 0 Å². The predicted octanol–water partition coefficient (Wildman–Crippen LogP) is 16.7. The molecule has 5 aromatic carbocycles. The molecule has 6 heteroatoms. The smallest absolute Gasteiger partial charge is 0.0449 e. The summed E-state index contributed by atoms with van der Waals surface area (Å²) >= 11 is 11.2. The second-order valence-corrected chi connectivity index (χ2v) is 19.1. The second-order valence-electron chi connectivity index (χ2n) is 12.9. The molecule has 0 aliphatic carbocycles. The zero-order valence-corrected chi connectivity index (χ0v) is 32.4. The van der Waals surface area contributed by atoms with E-state index in [-0.39, 0.29) is 0 Å². The van der Waals surface area contributed by atoms with E-state index in [9.17, 15) is 0 Å². The zero-order chi connectivity index (χ0) is 34.2. The van der Waals surface area contributed by atoms with Gasteiger partial charge in [0, 0.05) is 59.9 Å². The monoisotopic (exact) mass is 770 g/mol. The molecule has 0 bridgehead atoms. The number of fused-ring (bicyclic) bond motifs is 4. The van der Waals surface area contributed by atoms with Gasteiger partial charge in [-0.15, -0.1) is 68.0 Å². The standard InChI is InChI=1S/C46H26S6/c1-2-8-28-24-32-31(23-27(28)7-1)45(43-19-17-41(51-43)39-15-13-37(49-39)35-11-5-21-47-35)33-25-29-9-3-4-10-30(29)26-34(33)46(32)44-20-18-42(52-44)40-16-14-38(50-40)36-12-6-22-48-36/h1-26H. The van der Waals surface area contributed by atoms with E-state index in [1.54, 1.807) is 22.7 Å². The van der Waals surface area contributed by atoms with Crippen LogP contribution < -0.4 is 0 Å². The fourth-order valence-electron chi connectivity index (χ4n) is 7.38. The van der Waals surface area contributed by atoms with Gasteiger partial charge in [-0.25, -0.2) is 0 Å². The van der Waals surface area contributed by atoms with Gasteiger partial charge in [0.05, 0.1) is 0 Å². The molecule has 0 atom stereocenters. The highest BCUT2D eigenvalue weighted by Gasteiger charge is 2.22. The maximum atomic E-state index is 2.44. The summed E-state index contributed by atoms with van der Waals surface area (Å²) in [5.41, 5.74) is 2.65. The Labute approximate surface area is 324 Å². The Morgan fingerprint density at radius 2 is 0.538 bits per heavy atom. The first-order valence-corrected chi connectivity index (χ1v) is 22.1. The quantitative estimate of drug-likeness (QED) is 0.148. The lowest BCUT2D eigenvalue weighted by Crippen LogP contribution is -1.90. The third-order valence-electron chi connectivity index (χ3n) is 9.78. The Morgan fingerprint density at radius 1 is 0.250 bits per heavy atom. The largest absolute Gasteiger partial charge is 0.143 e. The molecule has 0 spiro atoms. The van der Waals surface area contributed by atoms with Gasteiger partial charge in [0.1, 0.15) is 0 Å². The lowest BCUT2D eigenvalue weighted by Gasteiger charge is -2.18. The summed E-state index contributed by atoms with van der Waals surface area (Å²) in [7, 11) is 0. The lowest BCUT2D eigenvalue weighted by atomic mass is 9.87. The first-order valence-electron chi connectivity index (χ1n) is 17.0. The summed E-state index contributed by atoms with van der Waals surface area (Å²) in [4.78, 5) is 13.2. The molecule has 11 aromatic rings. The first-order chi connectivity index (χ1) is 25.7. The molecule has 6 heterocycles. The molecule has 0 saturated heterocycles. The van der Waals surface area contributed by atoms with Crippen molar-refractivity contribution >= 4 is 111 Å². The van der Waals surface area contributed by atoms with E-state index in [4.69, 9.17) is 0 Å². The Hall–Kier alpha value is -4.66. The van der Waals surface area contributed by atoms with Gasteiger partial charge in [-0.05, 0) is 139 Å². The first kappa shape index (κ1) is 30.9. The van der Waals surface area contributed by atoms with Crippen molar-refractivity contribution in [1.29, 1.82) is 0 Å². The zero-order valence-electron chi connectivity index (χ0n) is 27.5. The molecule has 0 fully saturated rings. The molecule has 52 heavy (non-hydrogen) atoms. The second kappa shape index (κ2) is 12.5. The van der Waals surface area contributed by atoms with Crippen molar-refractivity contribution in [1.82, 2.24) is 0 Å². The molecular formula is C46H26S6. The molecule has 0 amide bonds. The van der Waals surface area contributed by atoms with E-state index < -0.39 is 0 Å². The molecule has 0 aliphatic rings. The van der Waals surface area contributed by atoms with Crippen molar-refractivity contribution in [3.05, 3.63) is 156 Å². The summed E-state index contributed by atoms with van der Waals surface area (Å²) < 4.78 is 0. The van der Waals surface area contributed by atoms with E-state index in [0.29, 0.717) is 0 Å². The molecule has 11 rings (SSSR count). The average molecular weight is 771 g/mol.